The average Bonchev–Trinajstić information content (AvgIpc) is 3.76. The first-order valence-corrected chi connectivity index (χ1v) is 20.6. The van der Waals surface area contributed by atoms with Crippen LogP contribution in [0.1, 0.15) is 38.8 Å². The second-order valence-corrected chi connectivity index (χ2v) is 16.5. The normalized spacial score (nSPS) is 18.9. The van der Waals surface area contributed by atoms with Gasteiger partial charge in [0.25, 0.3) is 10.1 Å². The van der Waals surface area contributed by atoms with Crippen molar-refractivity contribution in [2.45, 2.75) is 51.5 Å². The molecule has 0 saturated carbocycles. The lowest BCUT2D eigenvalue weighted by molar-refractivity contribution is -0.161. The molecule has 3 saturated heterocycles. The van der Waals surface area contributed by atoms with Crippen LogP contribution in [0.4, 0.5) is 30.6 Å². The minimum absolute atomic E-state index is 0.0922. The van der Waals surface area contributed by atoms with Crippen LogP contribution in [0, 0.1) is 10.8 Å². The van der Waals surface area contributed by atoms with Crippen LogP contribution in [0.15, 0.2) is 48.5 Å². The number of cyclic esters (lactones) is 2. The summed E-state index contributed by atoms with van der Waals surface area (Å²) in [7, 11) is -1.20. The lowest BCUT2D eigenvalue weighted by Crippen LogP contribution is -2.54. The van der Waals surface area contributed by atoms with E-state index in [0.29, 0.717) is 35.6 Å². The maximum atomic E-state index is 12.5. The van der Waals surface area contributed by atoms with Gasteiger partial charge >= 0.3 is 30.3 Å². The van der Waals surface area contributed by atoms with Gasteiger partial charge < -0.3 is 23.7 Å². The molecule has 3 aliphatic rings. The zero-order valence-corrected chi connectivity index (χ0v) is 35.3. The van der Waals surface area contributed by atoms with Crippen LogP contribution < -0.4 is 20.4 Å². The average molecular weight is 861 g/mol. The van der Waals surface area contributed by atoms with E-state index in [-0.39, 0.29) is 42.9 Å². The molecule has 3 aliphatic heterocycles. The zero-order valence-electron chi connectivity index (χ0n) is 34.5. The van der Waals surface area contributed by atoms with Gasteiger partial charge in [-0.2, -0.15) is 8.42 Å². The Hall–Kier alpha value is -5.84. The first-order valence-electron chi connectivity index (χ1n) is 18.7. The van der Waals surface area contributed by atoms with Crippen molar-refractivity contribution >= 4 is 63.5 Å². The van der Waals surface area contributed by atoms with Crippen molar-refractivity contribution in [2.24, 2.45) is 0 Å². The topological polar surface area (TPSA) is 260 Å². The standard InChI is InChI=1S/C24H35N5O6.C14H17N3O7S/c1-16(21(30)35-24(2,3)4)28-12-10-27(11-13-28)14-19-15-29(23(32)34-19)18-8-6-17(7-9-18)20(25)26-22(31)33-5;1-22-13(18)16-12(15)9-3-5-10(6-4-9)17-7-11(24-14(17)19)8-23-25(2,20)21/h6-9,16,19H,10-15H2,1-5H3,(H2,25,26,31);3-6,11H,7-8H2,1-2H3,(H2,15,16,18). The Bertz CT molecular complexity index is 2000. The molecular formula is C38H52N8O13S. The largest absolute Gasteiger partial charge is 0.459 e. The summed E-state index contributed by atoms with van der Waals surface area (Å²) in [5.74, 6) is -0.458. The predicted octanol–water partition coefficient (Wildman–Crippen LogP) is 2.71. The smallest absolute Gasteiger partial charge is 0.414 e. The second kappa shape index (κ2) is 20.4. The molecule has 0 spiro atoms. The van der Waals surface area contributed by atoms with E-state index in [0.717, 1.165) is 32.4 Å². The fourth-order valence-corrected chi connectivity index (χ4v) is 6.47. The number of methoxy groups -OCH3 is 2. The van der Waals surface area contributed by atoms with Gasteiger partial charge in [-0.15, -0.1) is 0 Å². The third-order valence-corrected chi connectivity index (χ3v) is 9.70. The highest BCUT2D eigenvalue weighted by Gasteiger charge is 2.36. The van der Waals surface area contributed by atoms with E-state index >= 15 is 0 Å². The van der Waals surface area contributed by atoms with Crippen LogP contribution in [0.2, 0.25) is 0 Å². The van der Waals surface area contributed by atoms with E-state index in [1.54, 1.807) is 53.4 Å². The molecule has 4 amide bonds. The number of alkyl carbamates (subject to hydrolysis) is 2. The molecule has 328 valence electrons. The summed E-state index contributed by atoms with van der Waals surface area (Å²) in [6.45, 7) is 11.4. The van der Waals surface area contributed by atoms with Crippen LogP contribution in [0.25, 0.3) is 0 Å². The summed E-state index contributed by atoms with van der Waals surface area (Å²) in [5, 5.41) is 20.2. The monoisotopic (exact) mass is 860 g/mol. The third-order valence-electron chi connectivity index (χ3n) is 9.14. The van der Waals surface area contributed by atoms with Crippen LogP contribution >= 0.6 is 0 Å². The summed E-state index contributed by atoms with van der Waals surface area (Å²) < 4.78 is 51.6. The van der Waals surface area contributed by atoms with Gasteiger partial charge in [-0.05, 0) is 76.2 Å². The van der Waals surface area contributed by atoms with Crippen LogP contribution in [-0.2, 0) is 42.8 Å². The molecule has 2 aromatic rings. The van der Waals surface area contributed by atoms with Crippen LogP contribution in [0.3, 0.4) is 0 Å². The predicted molar refractivity (Wildman–Crippen MR) is 217 cm³/mol. The Morgan fingerprint density at radius 2 is 1.22 bits per heavy atom. The molecule has 0 radical (unpaired) electrons. The number of benzene rings is 2. The molecule has 5 rings (SSSR count). The summed E-state index contributed by atoms with van der Waals surface area (Å²) in [4.78, 5) is 66.3. The SMILES string of the molecule is COC(=O)NC(=N)c1ccc(N2CC(CN3CCN(C(C)C(=O)OC(C)(C)C)CC3)OC2=O)cc1.COC(=O)NC(=N)c1ccc(N2CC(COS(C)(=O)=O)OC2=O)cc1. The van der Waals surface area contributed by atoms with Crippen molar-refractivity contribution in [2.75, 3.05) is 82.7 Å². The number of amidine groups is 2. The second-order valence-electron chi connectivity index (χ2n) is 14.8. The Balaban J connectivity index is 0.000000280. The molecule has 0 aromatic heterocycles. The molecule has 3 heterocycles. The fourth-order valence-electron chi connectivity index (χ4n) is 6.07. The number of anilines is 2. The number of carbonyl (C=O) groups is 5. The number of hydrogen-bond acceptors (Lipinski definition) is 17. The van der Waals surface area contributed by atoms with E-state index in [1.165, 1.54) is 19.1 Å². The molecule has 0 aliphatic carbocycles. The van der Waals surface area contributed by atoms with Gasteiger partial charge in [0.2, 0.25) is 0 Å². The van der Waals surface area contributed by atoms with E-state index in [2.05, 4.69) is 34.1 Å². The maximum Gasteiger partial charge on any atom is 0.414 e. The van der Waals surface area contributed by atoms with Crippen LogP contribution in [-0.4, -0.2) is 157 Å². The van der Waals surface area contributed by atoms with Gasteiger partial charge in [0, 0.05) is 55.2 Å². The Morgan fingerprint density at radius 1 is 0.783 bits per heavy atom. The number of piperazine rings is 1. The highest BCUT2D eigenvalue weighted by atomic mass is 32.2. The van der Waals surface area contributed by atoms with Crippen molar-refractivity contribution in [1.29, 1.82) is 10.8 Å². The quantitative estimate of drug-likeness (QED) is 0.0833. The first-order chi connectivity index (χ1) is 28.2. The first kappa shape index (κ1) is 46.8. The van der Waals surface area contributed by atoms with Gasteiger partial charge in [0.05, 0.1) is 33.6 Å². The van der Waals surface area contributed by atoms with Crippen molar-refractivity contribution in [3.05, 3.63) is 59.7 Å². The summed E-state index contributed by atoms with van der Waals surface area (Å²) in [6, 6.07) is 12.7. The van der Waals surface area contributed by atoms with E-state index < -0.39 is 46.2 Å². The Labute approximate surface area is 348 Å². The highest BCUT2D eigenvalue weighted by Crippen LogP contribution is 2.24. The van der Waals surface area contributed by atoms with E-state index in [4.69, 9.17) is 25.0 Å². The van der Waals surface area contributed by atoms with Gasteiger partial charge in [-0.25, -0.2) is 19.2 Å². The minimum atomic E-state index is -3.62. The van der Waals surface area contributed by atoms with E-state index in [1.807, 2.05) is 27.7 Å². The molecule has 3 unspecified atom stereocenters. The molecule has 22 heteroatoms. The van der Waals surface area contributed by atoms with Crippen molar-refractivity contribution in [1.82, 2.24) is 20.4 Å². The molecule has 4 N–H and O–H groups in total. The summed E-state index contributed by atoms with van der Waals surface area (Å²) in [5.41, 5.74) is 1.55. The van der Waals surface area contributed by atoms with Gasteiger partial charge in [0.1, 0.15) is 42.1 Å². The lowest BCUT2D eigenvalue weighted by Gasteiger charge is -2.38. The number of nitrogens with zero attached hydrogens (tertiary/aromatic N) is 4. The highest BCUT2D eigenvalue weighted by molar-refractivity contribution is 7.85. The number of rotatable bonds is 11. The maximum absolute atomic E-state index is 12.5. The summed E-state index contributed by atoms with van der Waals surface area (Å²) >= 11 is 0. The number of carbonyl (C=O) groups excluding carboxylic acids is 5. The summed E-state index contributed by atoms with van der Waals surface area (Å²) in [6.07, 6.45) is -2.58. The van der Waals surface area contributed by atoms with Gasteiger partial charge in [-0.3, -0.25) is 50.0 Å². The van der Waals surface area contributed by atoms with E-state index in [9.17, 15) is 32.4 Å². The molecule has 3 fully saturated rings. The molecule has 21 nitrogen and oxygen atoms in total. The molecule has 60 heavy (non-hydrogen) atoms. The molecule has 3 atom stereocenters. The zero-order chi connectivity index (χ0) is 44.4. The Kier molecular flexibility index (Phi) is 15.9. The van der Waals surface area contributed by atoms with Crippen molar-refractivity contribution in [3.63, 3.8) is 0 Å². The molecular weight excluding hydrogens is 809 g/mol. The number of hydrogen-bond donors (Lipinski definition) is 4. The fraction of sp³-hybridized carbons (Fsp3) is 0.500. The number of nitrogens with one attached hydrogen (secondary N) is 4. The van der Waals surface area contributed by atoms with Crippen LogP contribution in [0.5, 0.6) is 0 Å². The molecule has 0 bridgehead atoms. The Morgan fingerprint density at radius 3 is 1.63 bits per heavy atom. The number of amides is 4. The number of esters is 1. The van der Waals surface area contributed by atoms with Gasteiger partial charge in [-0.1, -0.05) is 0 Å². The van der Waals surface area contributed by atoms with Gasteiger partial charge in [0.15, 0.2) is 0 Å². The lowest BCUT2D eigenvalue weighted by atomic mass is 10.1. The molecule has 2 aromatic carbocycles. The minimum Gasteiger partial charge on any atom is -0.459 e. The van der Waals surface area contributed by atoms with Crippen molar-refractivity contribution in [3.8, 4) is 0 Å². The van der Waals surface area contributed by atoms with Crippen molar-refractivity contribution < 1.29 is 60.3 Å². The number of ether oxygens (including phenoxy) is 5. The third kappa shape index (κ3) is 13.9.